The van der Waals surface area contributed by atoms with Crippen LogP contribution in [0.15, 0.2) is 59.9 Å². The summed E-state index contributed by atoms with van der Waals surface area (Å²) in [7, 11) is 0. The maximum Gasteiger partial charge on any atom is 0.248 e. The van der Waals surface area contributed by atoms with Crippen LogP contribution in [-0.4, -0.2) is 70.4 Å². The Kier molecular flexibility index (Phi) is 6.81. The van der Waals surface area contributed by atoms with Crippen LogP contribution in [0.25, 0.3) is 27.7 Å². The van der Waals surface area contributed by atoms with Gasteiger partial charge < -0.3 is 14.8 Å². The van der Waals surface area contributed by atoms with E-state index in [1.807, 2.05) is 37.4 Å². The molecule has 1 aliphatic rings. The number of nitrogens with zero attached hydrogens (tertiary/aromatic N) is 7. The molecule has 0 unspecified atom stereocenters. The predicted molar refractivity (Wildman–Crippen MR) is 152 cm³/mol. The van der Waals surface area contributed by atoms with E-state index in [1.54, 1.807) is 21.5 Å². The third-order valence-corrected chi connectivity index (χ3v) is 7.45. The molecule has 5 aromatic rings. The van der Waals surface area contributed by atoms with Crippen molar-refractivity contribution < 1.29 is 18.8 Å². The quantitative estimate of drug-likeness (QED) is 0.285. The number of carbonyl (C=O) groups excluding carboxylic acids is 3. The fourth-order valence-corrected chi connectivity index (χ4v) is 5.50. The zero-order valence-electron chi connectivity index (χ0n) is 22.1. The molecule has 1 saturated heterocycles. The second-order valence-electron chi connectivity index (χ2n) is 10.0. The number of anilines is 1. The highest BCUT2D eigenvalue weighted by Crippen LogP contribution is 2.29. The van der Waals surface area contributed by atoms with Crippen LogP contribution in [0.2, 0.25) is 0 Å². The number of Topliss-reactive ketones (excluding diaryl/α,β-unsaturated/α-hetero) is 1. The summed E-state index contributed by atoms with van der Waals surface area (Å²) in [6.45, 7) is 2.99. The molecule has 6 rings (SSSR count). The zero-order chi connectivity index (χ0) is 28.8. The Morgan fingerprint density at radius 1 is 1.12 bits per heavy atom. The van der Waals surface area contributed by atoms with Crippen molar-refractivity contribution in [1.82, 2.24) is 34.0 Å². The van der Waals surface area contributed by atoms with Crippen LogP contribution in [0.3, 0.4) is 0 Å². The van der Waals surface area contributed by atoms with Gasteiger partial charge in [-0.1, -0.05) is 6.07 Å². The monoisotopic (exact) mass is 618 g/mol. The van der Waals surface area contributed by atoms with Gasteiger partial charge in [0.2, 0.25) is 11.8 Å². The first kappa shape index (κ1) is 26.7. The number of hydrogen-bond donors (Lipinski definition) is 1. The van der Waals surface area contributed by atoms with E-state index in [1.165, 1.54) is 24.2 Å². The number of amides is 2. The summed E-state index contributed by atoms with van der Waals surface area (Å²) >= 11 is 3.19. The highest BCUT2D eigenvalue weighted by atomic mass is 79.9. The lowest BCUT2D eigenvalue weighted by atomic mass is 10.0. The lowest BCUT2D eigenvalue weighted by Crippen LogP contribution is -2.44. The van der Waals surface area contributed by atoms with Crippen LogP contribution >= 0.6 is 15.9 Å². The second kappa shape index (κ2) is 10.5. The van der Waals surface area contributed by atoms with E-state index in [4.69, 9.17) is 0 Å². The minimum absolute atomic E-state index is 0.123. The predicted octanol–water partition coefficient (Wildman–Crippen LogP) is 3.99. The molecular formula is C28H24BrFN8O3. The fraction of sp³-hybridized carbons (Fsp3) is 0.250. The number of aromatic nitrogens is 6. The van der Waals surface area contributed by atoms with Gasteiger partial charge in [-0.2, -0.15) is 5.10 Å². The molecule has 2 atom stereocenters. The highest BCUT2D eigenvalue weighted by Gasteiger charge is 2.40. The fourth-order valence-electron chi connectivity index (χ4n) is 5.19. The third kappa shape index (κ3) is 5.20. The summed E-state index contributed by atoms with van der Waals surface area (Å²) in [5.41, 5.74) is 4.35. The molecule has 1 aliphatic heterocycles. The number of hydrogen-bond acceptors (Lipinski definition) is 7. The number of rotatable bonds is 6. The highest BCUT2D eigenvalue weighted by molar-refractivity contribution is 9.10. The molecule has 5 heterocycles. The molecule has 1 N–H and O–H groups in total. The van der Waals surface area contributed by atoms with Crippen LogP contribution in [0, 0.1) is 6.92 Å². The van der Waals surface area contributed by atoms with Gasteiger partial charge in [0.05, 0.1) is 24.6 Å². The van der Waals surface area contributed by atoms with Crippen LogP contribution in [-0.2, 0) is 16.1 Å². The molecule has 2 amide bonds. The number of alkyl halides is 1. The molecule has 13 heteroatoms. The Morgan fingerprint density at radius 2 is 1.95 bits per heavy atom. The Morgan fingerprint density at radius 3 is 2.73 bits per heavy atom. The summed E-state index contributed by atoms with van der Waals surface area (Å²) in [6.07, 6.45) is 6.61. The molecule has 41 heavy (non-hydrogen) atoms. The normalized spacial score (nSPS) is 16.9. The van der Waals surface area contributed by atoms with E-state index >= 15 is 0 Å². The SMILES string of the molecule is CC(=O)c1cn(CC(=O)N2C[C@H](F)C[C@H]2C(=O)Nc2cncc(Br)n2)c2ccc(-c3cnc4cc(C)nn4c3)cc12. The van der Waals surface area contributed by atoms with Gasteiger partial charge in [0.1, 0.15) is 23.4 Å². The molecule has 208 valence electrons. The van der Waals surface area contributed by atoms with Gasteiger partial charge in [-0.05, 0) is 47.5 Å². The van der Waals surface area contributed by atoms with Crippen molar-refractivity contribution in [3.8, 4) is 11.1 Å². The van der Waals surface area contributed by atoms with Gasteiger partial charge in [-0.15, -0.1) is 0 Å². The molecule has 11 nitrogen and oxygen atoms in total. The maximum atomic E-state index is 14.5. The van der Waals surface area contributed by atoms with Crippen molar-refractivity contribution in [2.75, 3.05) is 11.9 Å². The average Bonchev–Trinajstić information content (AvgIpc) is 3.62. The Hall–Kier alpha value is -4.52. The van der Waals surface area contributed by atoms with E-state index in [0.717, 1.165) is 22.5 Å². The van der Waals surface area contributed by atoms with E-state index < -0.39 is 24.0 Å². The van der Waals surface area contributed by atoms with Crippen molar-refractivity contribution in [2.24, 2.45) is 0 Å². The number of nitrogens with one attached hydrogen (secondary N) is 1. The van der Waals surface area contributed by atoms with Crippen LogP contribution < -0.4 is 5.32 Å². The van der Waals surface area contributed by atoms with Crippen molar-refractivity contribution in [2.45, 2.75) is 39.0 Å². The van der Waals surface area contributed by atoms with Gasteiger partial charge in [-0.25, -0.2) is 18.9 Å². The van der Waals surface area contributed by atoms with Gasteiger partial charge in [-0.3, -0.25) is 19.4 Å². The largest absolute Gasteiger partial charge is 0.337 e. The van der Waals surface area contributed by atoms with Crippen LogP contribution in [0.4, 0.5) is 10.2 Å². The Balaban J connectivity index is 1.28. The third-order valence-electron chi connectivity index (χ3n) is 7.06. The van der Waals surface area contributed by atoms with Crippen molar-refractivity contribution in [1.29, 1.82) is 0 Å². The Bertz CT molecular complexity index is 1850. The molecule has 0 aliphatic carbocycles. The first-order valence-electron chi connectivity index (χ1n) is 12.8. The number of ketones is 1. The summed E-state index contributed by atoms with van der Waals surface area (Å²) in [5.74, 6) is -0.956. The van der Waals surface area contributed by atoms with Gasteiger partial charge in [0, 0.05) is 53.1 Å². The molecule has 0 spiro atoms. The minimum atomic E-state index is -1.34. The van der Waals surface area contributed by atoms with E-state index in [9.17, 15) is 18.8 Å². The van der Waals surface area contributed by atoms with E-state index in [-0.39, 0.29) is 31.1 Å². The minimum Gasteiger partial charge on any atom is -0.337 e. The second-order valence-corrected chi connectivity index (χ2v) is 10.8. The topological polar surface area (TPSA) is 127 Å². The Labute approximate surface area is 241 Å². The van der Waals surface area contributed by atoms with Gasteiger partial charge in [0.15, 0.2) is 17.2 Å². The molecular weight excluding hydrogens is 595 g/mol. The summed E-state index contributed by atoms with van der Waals surface area (Å²) < 4.78 is 18.3. The molecule has 1 aromatic carbocycles. The number of likely N-dealkylation sites (tertiary alicyclic amines) is 1. The van der Waals surface area contributed by atoms with Crippen LogP contribution in [0.1, 0.15) is 29.4 Å². The first-order valence-corrected chi connectivity index (χ1v) is 13.6. The number of aryl methyl sites for hydroxylation is 1. The molecule has 1 fully saturated rings. The summed E-state index contributed by atoms with van der Waals surface area (Å²) in [5, 5.41) is 7.71. The van der Waals surface area contributed by atoms with Crippen molar-refractivity contribution >= 4 is 55.9 Å². The smallest absolute Gasteiger partial charge is 0.248 e. The summed E-state index contributed by atoms with van der Waals surface area (Å²) in [6, 6.07) is 6.48. The summed E-state index contributed by atoms with van der Waals surface area (Å²) in [4.78, 5) is 52.8. The van der Waals surface area contributed by atoms with Gasteiger partial charge in [0.25, 0.3) is 0 Å². The molecule has 0 radical (unpaired) electrons. The van der Waals surface area contributed by atoms with E-state index in [2.05, 4.69) is 41.3 Å². The zero-order valence-corrected chi connectivity index (χ0v) is 23.7. The lowest BCUT2D eigenvalue weighted by Gasteiger charge is -2.24. The standard InChI is InChI=1S/C28H24BrFN8O3/c1-15-5-26-32-8-18(11-38(26)35-15)17-3-4-22-20(6-17)21(16(2)39)13-36(22)14-27(40)37-12-19(30)7-23(37)28(41)34-25-10-31-9-24(29)33-25/h3-6,8-11,13,19,23H,7,12,14H2,1-2H3,(H,33,34,41)/t19-,23+/m1/s1. The number of fused-ring (bicyclic) bond motifs is 2. The van der Waals surface area contributed by atoms with E-state index in [0.29, 0.717) is 21.1 Å². The van der Waals surface area contributed by atoms with Crippen LogP contribution in [0.5, 0.6) is 0 Å². The van der Waals surface area contributed by atoms with Crippen molar-refractivity contribution in [3.05, 3.63) is 71.1 Å². The number of halogens is 2. The molecule has 0 saturated carbocycles. The molecule has 0 bridgehead atoms. The lowest BCUT2D eigenvalue weighted by molar-refractivity contribution is -0.137. The first-order chi connectivity index (χ1) is 19.7. The molecule has 4 aromatic heterocycles. The maximum absolute atomic E-state index is 14.5. The van der Waals surface area contributed by atoms with Gasteiger partial charge >= 0.3 is 0 Å². The average molecular weight is 619 g/mol. The van der Waals surface area contributed by atoms with Crippen molar-refractivity contribution in [3.63, 3.8) is 0 Å². The number of benzene rings is 1. The number of carbonyl (C=O) groups is 3.